The van der Waals surface area contributed by atoms with Crippen molar-refractivity contribution in [3.63, 3.8) is 0 Å². The summed E-state index contributed by atoms with van der Waals surface area (Å²) in [6.07, 6.45) is -0.291. The zero-order chi connectivity index (χ0) is 16.9. The van der Waals surface area contributed by atoms with Crippen LogP contribution in [0.15, 0.2) is 11.3 Å². The van der Waals surface area contributed by atoms with Gasteiger partial charge in [0.15, 0.2) is 0 Å². The average Bonchev–Trinajstić information content (AvgIpc) is 2.50. The topological polar surface area (TPSA) is 41.9 Å². The Morgan fingerprint density at radius 3 is 2.00 bits per heavy atom. The van der Waals surface area contributed by atoms with Gasteiger partial charge in [0.1, 0.15) is 5.73 Å². The lowest BCUT2D eigenvalue weighted by molar-refractivity contribution is 0.00562. The maximum atomic E-state index is 15.1. The number of hydrogen-bond donors (Lipinski definition) is 1. The van der Waals surface area contributed by atoms with Gasteiger partial charge in [0.25, 0.3) is 0 Å². The van der Waals surface area contributed by atoms with Crippen LogP contribution in [-0.2, 0) is 9.31 Å². The van der Waals surface area contributed by atoms with Gasteiger partial charge in [0.2, 0.25) is 0 Å². The third kappa shape index (κ3) is 3.40. The molecule has 0 aromatic rings. The van der Waals surface area contributed by atoms with E-state index in [4.69, 9.17) is 9.31 Å². The van der Waals surface area contributed by atoms with E-state index in [1.54, 1.807) is 0 Å². The fourth-order valence-electron chi connectivity index (χ4n) is 2.66. The van der Waals surface area contributed by atoms with E-state index in [0.29, 0.717) is 25.2 Å². The van der Waals surface area contributed by atoms with Gasteiger partial charge in [-0.3, -0.25) is 4.90 Å². The molecule has 0 spiro atoms. The summed E-state index contributed by atoms with van der Waals surface area (Å²) >= 11 is 0. The number of nitrogens with zero attached hydrogens (tertiary/aromatic N) is 1. The summed E-state index contributed by atoms with van der Waals surface area (Å²) in [6, 6.07) is 0. The van der Waals surface area contributed by atoms with Gasteiger partial charge in [0.05, 0.1) is 17.3 Å². The molecule has 2 aliphatic rings. The third-order valence-electron chi connectivity index (χ3n) is 4.97. The Morgan fingerprint density at radius 1 is 1.18 bits per heavy atom. The summed E-state index contributed by atoms with van der Waals surface area (Å²) in [5.74, 6) is 0. The predicted molar refractivity (Wildman–Crippen MR) is 86.1 cm³/mol. The maximum Gasteiger partial charge on any atom is 0.525 e. The molecule has 2 aliphatic heterocycles. The highest BCUT2D eigenvalue weighted by molar-refractivity contribution is 6.53. The van der Waals surface area contributed by atoms with Crippen LogP contribution in [0.4, 0.5) is 4.39 Å². The first-order valence-electron chi connectivity index (χ1n) is 7.98. The van der Waals surface area contributed by atoms with E-state index in [-0.39, 0.29) is 17.2 Å². The minimum absolute atomic E-state index is 0.291. The number of aliphatic hydroxyl groups excluding tert-OH is 1. The van der Waals surface area contributed by atoms with Crippen LogP contribution >= 0.6 is 0 Å². The molecule has 0 aromatic carbocycles. The molecule has 6 heteroatoms. The first-order valence-corrected chi connectivity index (χ1v) is 7.98. The van der Waals surface area contributed by atoms with E-state index in [2.05, 4.69) is 0 Å². The number of hydrogen-bond acceptors (Lipinski definition) is 4. The van der Waals surface area contributed by atoms with Gasteiger partial charge < -0.3 is 14.4 Å². The fraction of sp³-hybridized carbons (Fsp3) is 0.875. The second-order valence-corrected chi connectivity index (χ2v) is 8.51. The first kappa shape index (κ1) is 17.9. The highest BCUT2D eigenvalue weighted by atomic mass is 19.1. The zero-order valence-electron chi connectivity index (χ0n) is 14.9. The van der Waals surface area contributed by atoms with Gasteiger partial charge >= 0.3 is 7.12 Å². The summed E-state index contributed by atoms with van der Waals surface area (Å²) in [5, 5.41) is 9.42. The molecular weight excluding hydrogens is 284 g/mol. The Balaban J connectivity index is 2.23. The summed E-state index contributed by atoms with van der Waals surface area (Å²) in [7, 11) is -0.953. The SMILES string of the molecule is CC(C)(C)C(CN1CC(O)C1)=C(F)B1OC(C)(C)C(C)(C)O1. The molecule has 22 heavy (non-hydrogen) atoms. The predicted octanol–water partition coefficient (Wildman–Crippen LogP) is 2.56. The van der Waals surface area contributed by atoms with Crippen LogP contribution in [0.1, 0.15) is 48.5 Å². The zero-order valence-corrected chi connectivity index (χ0v) is 14.9. The van der Waals surface area contributed by atoms with Crippen LogP contribution in [0.5, 0.6) is 0 Å². The highest BCUT2D eigenvalue weighted by Gasteiger charge is 2.54. The quantitative estimate of drug-likeness (QED) is 0.813. The van der Waals surface area contributed by atoms with E-state index in [1.807, 2.05) is 53.4 Å². The molecule has 0 bridgehead atoms. The molecule has 0 saturated carbocycles. The standard InChI is InChI=1S/C16H29BFNO3/c1-14(2,3)12(10-19-8-11(20)9-19)13(18)17-21-15(4,5)16(6,7)22-17/h11,20H,8-10H2,1-7H3. The maximum absolute atomic E-state index is 15.1. The Labute approximate surface area is 133 Å². The minimum atomic E-state index is -0.953. The molecule has 0 radical (unpaired) electrons. The number of β-amino-alcohol motifs (C(OH)–C–C–N with tert-alkyl or cyclic N) is 1. The first-order chi connectivity index (χ1) is 9.83. The van der Waals surface area contributed by atoms with Crippen molar-refractivity contribution < 1.29 is 18.8 Å². The van der Waals surface area contributed by atoms with Crippen LogP contribution in [0.25, 0.3) is 0 Å². The second-order valence-electron chi connectivity index (χ2n) is 8.51. The van der Waals surface area contributed by atoms with Crippen molar-refractivity contribution in [2.75, 3.05) is 19.6 Å². The van der Waals surface area contributed by atoms with Crippen molar-refractivity contribution in [3.05, 3.63) is 11.3 Å². The number of aliphatic hydroxyl groups is 1. The van der Waals surface area contributed by atoms with E-state index in [0.717, 1.165) is 0 Å². The van der Waals surface area contributed by atoms with Crippen molar-refractivity contribution >= 4 is 7.12 Å². The van der Waals surface area contributed by atoms with Gasteiger partial charge in [-0.25, -0.2) is 4.39 Å². The summed E-state index contributed by atoms with van der Waals surface area (Å²) in [6.45, 7) is 15.3. The molecule has 126 valence electrons. The summed E-state index contributed by atoms with van der Waals surface area (Å²) in [5.41, 5.74) is -1.07. The molecule has 2 saturated heterocycles. The molecule has 0 atom stereocenters. The van der Waals surface area contributed by atoms with E-state index >= 15 is 4.39 Å². The Morgan fingerprint density at radius 2 is 1.64 bits per heavy atom. The average molecular weight is 313 g/mol. The summed E-state index contributed by atoms with van der Waals surface area (Å²) in [4.78, 5) is 2.04. The molecule has 0 aromatic heterocycles. The minimum Gasteiger partial charge on any atom is -0.398 e. The van der Waals surface area contributed by atoms with Crippen molar-refractivity contribution in [1.82, 2.24) is 4.90 Å². The third-order valence-corrected chi connectivity index (χ3v) is 4.97. The number of rotatable bonds is 3. The molecule has 2 heterocycles. The molecule has 0 aliphatic carbocycles. The Kier molecular flexibility index (Phi) is 4.55. The Hall–Kier alpha value is -0.425. The number of halogens is 1. The van der Waals surface area contributed by atoms with Crippen LogP contribution in [0.2, 0.25) is 0 Å². The normalized spacial score (nSPS) is 26.9. The molecule has 2 rings (SSSR count). The lowest BCUT2D eigenvalue weighted by Gasteiger charge is -2.39. The largest absolute Gasteiger partial charge is 0.525 e. The van der Waals surface area contributed by atoms with Gasteiger partial charge in [-0.1, -0.05) is 20.8 Å². The fourth-order valence-corrected chi connectivity index (χ4v) is 2.66. The second kappa shape index (κ2) is 5.58. The lowest BCUT2D eigenvalue weighted by atomic mass is 9.75. The van der Waals surface area contributed by atoms with Crippen molar-refractivity contribution in [1.29, 1.82) is 0 Å². The molecule has 1 N–H and O–H groups in total. The molecule has 2 fully saturated rings. The summed E-state index contributed by atoms with van der Waals surface area (Å²) < 4.78 is 26.8. The van der Waals surface area contributed by atoms with Gasteiger partial charge in [0, 0.05) is 19.6 Å². The van der Waals surface area contributed by atoms with E-state index in [9.17, 15) is 5.11 Å². The van der Waals surface area contributed by atoms with Crippen LogP contribution in [-0.4, -0.2) is 54.1 Å². The monoisotopic (exact) mass is 313 g/mol. The molecule has 0 amide bonds. The van der Waals surface area contributed by atoms with E-state index < -0.39 is 18.3 Å². The number of likely N-dealkylation sites (tertiary alicyclic amines) is 1. The van der Waals surface area contributed by atoms with Crippen molar-refractivity contribution in [2.45, 2.75) is 65.8 Å². The van der Waals surface area contributed by atoms with Crippen molar-refractivity contribution in [2.24, 2.45) is 5.41 Å². The van der Waals surface area contributed by atoms with Crippen LogP contribution < -0.4 is 0 Å². The molecular formula is C16H29BFNO3. The van der Waals surface area contributed by atoms with Gasteiger partial charge in [-0.05, 0) is 38.7 Å². The van der Waals surface area contributed by atoms with Crippen LogP contribution in [0.3, 0.4) is 0 Å². The van der Waals surface area contributed by atoms with Crippen LogP contribution in [0, 0.1) is 5.41 Å². The lowest BCUT2D eigenvalue weighted by Crippen LogP contribution is -2.52. The highest BCUT2D eigenvalue weighted by Crippen LogP contribution is 2.41. The smallest absolute Gasteiger partial charge is 0.398 e. The molecule has 0 unspecified atom stereocenters. The van der Waals surface area contributed by atoms with E-state index in [1.165, 1.54) is 0 Å². The Bertz CT molecular complexity index is 449. The van der Waals surface area contributed by atoms with Gasteiger partial charge in [-0.2, -0.15) is 0 Å². The van der Waals surface area contributed by atoms with Crippen molar-refractivity contribution in [3.8, 4) is 0 Å². The molecule has 4 nitrogen and oxygen atoms in total. The van der Waals surface area contributed by atoms with Gasteiger partial charge in [-0.15, -0.1) is 0 Å².